The van der Waals surface area contributed by atoms with Gasteiger partial charge in [0.1, 0.15) is 0 Å². The van der Waals surface area contributed by atoms with Crippen molar-refractivity contribution in [3.05, 3.63) is 50.9 Å². The zero-order valence-electron chi connectivity index (χ0n) is 13.1. The van der Waals surface area contributed by atoms with Gasteiger partial charge in [0.15, 0.2) is 5.16 Å². The third-order valence-electron chi connectivity index (χ3n) is 3.08. The van der Waals surface area contributed by atoms with Crippen molar-refractivity contribution in [3.8, 4) is 0 Å². The molecule has 0 radical (unpaired) electrons. The molecule has 0 saturated carbocycles. The lowest BCUT2D eigenvalue weighted by molar-refractivity contribution is -0.115. The van der Waals surface area contributed by atoms with E-state index < -0.39 is 0 Å². The van der Waals surface area contributed by atoms with Crippen molar-refractivity contribution < 1.29 is 4.79 Å². The Morgan fingerprint density at radius 2 is 2.04 bits per heavy atom. The van der Waals surface area contributed by atoms with Crippen molar-refractivity contribution in [3.63, 3.8) is 0 Å². The molecule has 0 spiro atoms. The second-order valence-electron chi connectivity index (χ2n) is 5.39. The van der Waals surface area contributed by atoms with Gasteiger partial charge in [-0.1, -0.05) is 47.6 Å². The van der Waals surface area contributed by atoms with Crippen LogP contribution in [0.25, 0.3) is 0 Å². The smallest absolute Gasteiger partial charge is 0.251 e. The highest BCUT2D eigenvalue weighted by molar-refractivity contribution is 9.10. The van der Waals surface area contributed by atoms with Gasteiger partial charge in [0.2, 0.25) is 5.91 Å². The Morgan fingerprint density at radius 1 is 1.30 bits per heavy atom. The van der Waals surface area contributed by atoms with Gasteiger partial charge in [-0.05, 0) is 31.0 Å². The van der Waals surface area contributed by atoms with Crippen molar-refractivity contribution >= 4 is 39.3 Å². The lowest BCUT2D eigenvalue weighted by Gasteiger charge is -2.12. The van der Waals surface area contributed by atoms with Crippen LogP contribution in [0.4, 0.5) is 5.69 Å². The maximum Gasteiger partial charge on any atom is 0.251 e. The number of halogens is 1. The highest BCUT2D eigenvalue weighted by atomic mass is 79.9. The number of nitrogens with one attached hydrogen (secondary N) is 2. The maximum absolute atomic E-state index is 12.3. The minimum Gasteiger partial charge on any atom is -0.325 e. The van der Waals surface area contributed by atoms with E-state index in [1.165, 1.54) is 17.8 Å². The molecule has 7 heteroatoms. The summed E-state index contributed by atoms with van der Waals surface area (Å²) in [6.45, 7) is 5.72. The third kappa shape index (κ3) is 5.21. The maximum atomic E-state index is 12.3. The highest BCUT2D eigenvalue weighted by Gasteiger charge is 2.17. The second-order valence-corrected chi connectivity index (χ2v) is 7.63. The fraction of sp³-hybridized carbons (Fsp3) is 0.312. The summed E-state index contributed by atoms with van der Waals surface area (Å²) in [4.78, 5) is 31.0. The number of aromatic nitrogens is 2. The molecule has 0 fully saturated rings. The third-order valence-corrected chi connectivity index (χ3v) is 4.56. The topological polar surface area (TPSA) is 74.8 Å². The predicted octanol–water partition coefficient (Wildman–Crippen LogP) is 3.78. The van der Waals surface area contributed by atoms with Gasteiger partial charge in [0.25, 0.3) is 5.56 Å². The summed E-state index contributed by atoms with van der Waals surface area (Å²) in [6.07, 6.45) is 0. The van der Waals surface area contributed by atoms with Crippen molar-refractivity contribution in [2.24, 2.45) is 0 Å². The molecule has 5 nitrogen and oxygen atoms in total. The van der Waals surface area contributed by atoms with Crippen LogP contribution in [-0.4, -0.2) is 21.1 Å². The standard InChI is InChI=1S/C16H18BrN3O2S/c1-9(2)13-8-14(21)20-16(19-13)23-10(3)15(22)18-12-6-4-5-11(17)7-12/h4-10H,1-3H3,(H,18,22)(H,19,20,21). The predicted molar refractivity (Wildman–Crippen MR) is 97.0 cm³/mol. The molecule has 2 aromatic rings. The molecule has 122 valence electrons. The normalized spacial score (nSPS) is 12.2. The van der Waals surface area contributed by atoms with Gasteiger partial charge >= 0.3 is 0 Å². The number of hydrogen-bond acceptors (Lipinski definition) is 4. The van der Waals surface area contributed by atoms with Crippen LogP contribution in [0.1, 0.15) is 32.4 Å². The fourth-order valence-corrected chi connectivity index (χ4v) is 3.05. The minimum absolute atomic E-state index is 0.148. The monoisotopic (exact) mass is 395 g/mol. The van der Waals surface area contributed by atoms with Crippen LogP contribution >= 0.6 is 27.7 Å². The number of H-pyrrole nitrogens is 1. The molecule has 1 aromatic heterocycles. The Hall–Kier alpha value is -1.60. The van der Waals surface area contributed by atoms with Crippen LogP contribution in [0.5, 0.6) is 0 Å². The van der Waals surface area contributed by atoms with Crippen molar-refractivity contribution in [1.29, 1.82) is 0 Å². The molecule has 0 aliphatic heterocycles. The molecule has 0 bridgehead atoms. The van der Waals surface area contributed by atoms with Gasteiger partial charge in [-0.25, -0.2) is 4.98 Å². The van der Waals surface area contributed by atoms with Gasteiger partial charge in [-0.2, -0.15) is 0 Å². The largest absolute Gasteiger partial charge is 0.325 e. The van der Waals surface area contributed by atoms with Gasteiger partial charge in [-0.3, -0.25) is 9.59 Å². The van der Waals surface area contributed by atoms with Crippen LogP contribution in [0.15, 0.2) is 44.8 Å². The summed E-state index contributed by atoms with van der Waals surface area (Å²) in [5, 5.41) is 2.91. The number of amides is 1. The number of rotatable bonds is 5. The van der Waals surface area contributed by atoms with Crippen LogP contribution < -0.4 is 10.9 Å². The lowest BCUT2D eigenvalue weighted by atomic mass is 10.1. The first kappa shape index (κ1) is 17.7. The SMILES string of the molecule is CC(Sc1nc(C(C)C)cc(=O)[nH]1)C(=O)Nc1cccc(Br)c1. The van der Waals surface area contributed by atoms with Gasteiger partial charge in [0.05, 0.1) is 10.9 Å². The Balaban J connectivity index is 2.08. The molecule has 0 aliphatic carbocycles. The first-order chi connectivity index (χ1) is 10.8. The van der Waals surface area contributed by atoms with Gasteiger partial charge < -0.3 is 10.3 Å². The molecule has 1 heterocycles. The Labute approximate surface area is 147 Å². The number of nitrogens with zero attached hydrogens (tertiary/aromatic N) is 1. The number of benzene rings is 1. The van der Waals surface area contributed by atoms with Gasteiger partial charge in [-0.15, -0.1) is 0 Å². The molecule has 2 N–H and O–H groups in total. The zero-order chi connectivity index (χ0) is 17.0. The molecular formula is C16H18BrN3O2S. The molecule has 2 rings (SSSR count). The Bertz CT molecular complexity index is 761. The average molecular weight is 396 g/mol. The quantitative estimate of drug-likeness (QED) is 0.596. The number of carbonyl (C=O) groups is 1. The van der Waals surface area contributed by atoms with Crippen molar-refractivity contribution in [2.45, 2.75) is 37.1 Å². The summed E-state index contributed by atoms with van der Waals surface area (Å²) in [5.41, 5.74) is 1.23. The molecule has 1 unspecified atom stereocenters. The van der Waals surface area contributed by atoms with Crippen LogP contribution in [0.2, 0.25) is 0 Å². The number of hydrogen-bond donors (Lipinski definition) is 2. The number of aromatic amines is 1. The van der Waals surface area contributed by atoms with E-state index in [1.807, 2.05) is 38.1 Å². The highest BCUT2D eigenvalue weighted by Crippen LogP contribution is 2.22. The molecule has 0 saturated heterocycles. The molecule has 1 aromatic carbocycles. The Kier molecular flexibility index (Phi) is 6.01. The summed E-state index contributed by atoms with van der Waals surface area (Å²) in [7, 11) is 0. The van der Waals surface area contributed by atoms with E-state index in [-0.39, 0.29) is 22.6 Å². The van der Waals surface area contributed by atoms with Crippen molar-refractivity contribution in [2.75, 3.05) is 5.32 Å². The van der Waals surface area contributed by atoms with E-state index in [1.54, 1.807) is 6.92 Å². The van der Waals surface area contributed by atoms with E-state index in [4.69, 9.17) is 0 Å². The second kappa shape index (κ2) is 7.79. The molecule has 0 aliphatic rings. The van der Waals surface area contributed by atoms with Gasteiger partial charge in [0, 0.05) is 16.2 Å². The van der Waals surface area contributed by atoms with E-state index in [2.05, 4.69) is 31.2 Å². The minimum atomic E-state index is -0.389. The van der Waals surface area contributed by atoms with E-state index in [0.717, 1.165) is 10.2 Å². The summed E-state index contributed by atoms with van der Waals surface area (Å²) in [5.74, 6) is 0.00755. The van der Waals surface area contributed by atoms with Crippen LogP contribution in [0.3, 0.4) is 0 Å². The molecule has 1 atom stereocenters. The lowest BCUT2D eigenvalue weighted by Crippen LogP contribution is -2.23. The molecule has 23 heavy (non-hydrogen) atoms. The summed E-state index contributed by atoms with van der Waals surface area (Å²) in [6, 6.07) is 8.87. The zero-order valence-corrected chi connectivity index (χ0v) is 15.5. The number of thioether (sulfide) groups is 1. The number of carbonyl (C=O) groups excluding carboxylic acids is 1. The average Bonchev–Trinajstić information content (AvgIpc) is 2.46. The summed E-state index contributed by atoms with van der Waals surface area (Å²) < 4.78 is 0.895. The van der Waals surface area contributed by atoms with E-state index in [0.29, 0.717) is 10.8 Å². The first-order valence-electron chi connectivity index (χ1n) is 7.19. The number of anilines is 1. The van der Waals surface area contributed by atoms with E-state index in [9.17, 15) is 9.59 Å². The first-order valence-corrected chi connectivity index (χ1v) is 8.87. The van der Waals surface area contributed by atoms with Crippen LogP contribution in [-0.2, 0) is 4.79 Å². The summed E-state index contributed by atoms with van der Waals surface area (Å²) >= 11 is 4.60. The fourth-order valence-electron chi connectivity index (χ4n) is 1.84. The molecular weight excluding hydrogens is 378 g/mol. The molecule has 1 amide bonds. The Morgan fingerprint density at radius 3 is 2.70 bits per heavy atom. The van der Waals surface area contributed by atoms with Crippen LogP contribution in [0, 0.1) is 0 Å². The van der Waals surface area contributed by atoms with E-state index >= 15 is 0 Å². The van der Waals surface area contributed by atoms with Crippen molar-refractivity contribution in [1.82, 2.24) is 9.97 Å².